The van der Waals surface area contributed by atoms with Gasteiger partial charge in [-0.05, 0) is 36.8 Å². The number of carbonyl (C=O) groups is 1. The molecule has 0 amide bonds. The first kappa shape index (κ1) is 17.5. The zero-order valence-corrected chi connectivity index (χ0v) is 15.4. The van der Waals surface area contributed by atoms with Gasteiger partial charge in [-0.25, -0.2) is 0 Å². The zero-order chi connectivity index (χ0) is 18.6. The summed E-state index contributed by atoms with van der Waals surface area (Å²) in [6, 6.07) is 9.08. The Morgan fingerprint density at radius 2 is 2.15 bits per heavy atom. The van der Waals surface area contributed by atoms with Crippen molar-refractivity contribution in [3.63, 3.8) is 0 Å². The van der Waals surface area contributed by atoms with Gasteiger partial charge in [0.2, 0.25) is 6.79 Å². The average Bonchev–Trinajstić information content (AvgIpc) is 3.43. The van der Waals surface area contributed by atoms with Gasteiger partial charge in [0.15, 0.2) is 28.2 Å². The number of fused-ring (bicyclic) bond motifs is 1. The molecule has 1 aromatic carbocycles. The number of furan rings is 1. The van der Waals surface area contributed by atoms with Gasteiger partial charge in [-0.15, -0.1) is 10.2 Å². The molecule has 4 rings (SSSR count). The Bertz CT molecular complexity index is 939. The summed E-state index contributed by atoms with van der Waals surface area (Å²) in [4.78, 5) is 12.1. The summed E-state index contributed by atoms with van der Waals surface area (Å²) in [5.41, 5.74) is 0.842. The van der Waals surface area contributed by atoms with Gasteiger partial charge in [-0.2, -0.15) is 0 Å². The van der Waals surface area contributed by atoms with Crippen LogP contribution in [-0.2, 0) is 22.7 Å². The maximum Gasteiger partial charge on any atom is 0.316 e. The molecule has 0 aliphatic carbocycles. The first-order valence-corrected chi connectivity index (χ1v) is 9.37. The van der Waals surface area contributed by atoms with Crippen molar-refractivity contribution in [2.24, 2.45) is 0 Å². The number of carbonyl (C=O) groups excluding carboxylic acids is 1. The highest BCUT2D eigenvalue weighted by molar-refractivity contribution is 7.99. The van der Waals surface area contributed by atoms with Crippen molar-refractivity contribution in [3.8, 4) is 23.1 Å². The Labute approximate surface area is 159 Å². The maximum atomic E-state index is 12.1. The number of benzene rings is 1. The van der Waals surface area contributed by atoms with Gasteiger partial charge in [-0.3, -0.25) is 9.36 Å². The van der Waals surface area contributed by atoms with E-state index in [1.165, 1.54) is 11.8 Å². The number of rotatable bonds is 7. The molecule has 8 nitrogen and oxygen atoms in total. The van der Waals surface area contributed by atoms with Crippen molar-refractivity contribution in [1.29, 1.82) is 0 Å². The lowest BCUT2D eigenvalue weighted by molar-refractivity contribution is -0.141. The van der Waals surface area contributed by atoms with Crippen molar-refractivity contribution in [2.75, 3.05) is 12.5 Å². The number of aromatic nitrogens is 3. The van der Waals surface area contributed by atoms with Crippen LogP contribution in [0.3, 0.4) is 0 Å². The first-order chi connectivity index (χ1) is 13.2. The van der Waals surface area contributed by atoms with E-state index in [9.17, 15) is 4.79 Å². The van der Waals surface area contributed by atoms with E-state index < -0.39 is 0 Å². The number of ether oxygens (including phenoxy) is 3. The quantitative estimate of drug-likeness (QED) is 0.451. The molecule has 0 saturated heterocycles. The Hall–Kier alpha value is -2.94. The van der Waals surface area contributed by atoms with E-state index in [1.54, 1.807) is 18.4 Å². The molecule has 3 heterocycles. The minimum absolute atomic E-state index is 0.140. The Morgan fingerprint density at radius 1 is 1.26 bits per heavy atom. The summed E-state index contributed by atoms with van der Waals surface area (Å²) in [5, 5.41) is 8.95. The van der Waals surface area contributed by atoms with Gasteiger partial charge in [0, 0.05) is 6.54 Å². The van der Waals surface area contributed by atoms with Gasteiger partial charge in [-0.1, -0.05) is 17.8 Å². The molecule has 27 heavy (non-hydrogen) atoms. The average molecular weight is 387 g/mol. The van der Waals surface area contributed by atoms with Crippen LogP contribution in [0, 0.1) is 0 Å². The molecule has 1 aliphatic rings. The van der Waals surface area contributed by atoms with Gasteiger partial charge < -0.3 is 18.6 Å². The number of nitrogens with zero attached hydrogens (tertiary/aromatic N) is 3. The van der Waals surface area contributed by atoms with Crippen molar-refractivity contribution in [3.05, 3.63) is 42.2 Å². The van der Waals surface area contributed by atoms with Crippen LogP contribution < -0.4 is 9.47 Å². The lowest BCUT2D eigenvalue weighted by atomic mass is 10.2. The second-order valence-corrected chi connectivity index (χ2v) is 6.61. The fraction of sp³-hybridized carbons (Fsp3) is 0.278. The molecule has 0 N–H and O–H groups in total. The summed E-state index contributed by atoms with van der Waals surface area (Å²) in [5.74, 6) is 2.45. The third-order valence-electron chi connectivity index (χ3n) is 3.93. The van der Waals surface area contributed by atoms with Crippen LogP contribution in [0.25, 0.3) is 11.6 Å². The van der Waals surface area contributed by atoms with Crippen LogP contribution in [0.15, 0.2) is 46.2 Å². The maximum absolute atomic E-state index is 12.1. The largest absolute Gasteiger partial charge is 0.461 e. The summed E-state index contributed by atoms with van der Waals surface area (Å²) in [6.45, 7) is 3.04. The van der Waals surface area contributed by atoms with E-state index in [0.717, 1.165) is 5.56 Å². The molecule has 0 saturated carbocycles. The highest BCUT2D eigenvalue weighted by atomic mass is 32.2. The van der Waals surface area contributed by atoms with Crippen molar-refractivity contribution >= 4 is 17.7 Å². The molecule has 3 aromatic rings. The first-order valence-electron chi connectivity index (χ1n) is 8.38. The van der Waals surface area contributed by atoms with Crippen LogP contribution in [-0.4, -0.2) is 33.3 Å². The van der Waals surface area contributed by atoms with Crippen LogP contribution in [0.5, 0.6) is 11.5 Å². The molecule has 9 heteroatoms. The molecule has 0 spiro atoms. The van der Waals surface area contributed by atoms with E-state index in [4.69, 9.17) is 18.6 Å². The molecule has 0 radical (unpaired) electrons. The van der Waals surface area contributed by atoms with Crippen molar-refractivity contribution in [2.45, 2.75) is 25.2 Å². The zero-order valence-electron chi connectivity index (χ0n) is 14.6. The third-order valence-corrected chi connectivity index (χ3v) is 4.87. The van der Waals surface area contributed by atoms with Crippen LogP contribution >= 0.6 is 11.8 Å². The minimum Gasteiger partial charge on any atom is -0.461 e. The second kappa shape index (κ2) is 7.75. The van der Waals surface area contributed by atoms with E-state index in [0.29, 0.717) is 34.8 Å². The second-order valence-electron chi connectivity index (χ2n) is 5.66. The van der Waals surface area contributed by atoms with E-state index in [2.05, 4.69) is 10.2 Å². The van der Waals surface area contributed by atoms with Gasteiger partial charge in [0.05, 0.1) is 12.0 Å². The summed E-state index contributed by atoms with van der Waals surface area (Å²) in [7, 11) is 0. The molecule has 0 bridgehead atoms. The van der Waals surface area contributed by atoms with Gasteiger partial charge in [0.1, 0.15) is 6.61 Å². The standard InChI is InChI=1S/C18H17N3O5S/c1-2-21-17(14-4-3-7-23-14)19-20-18(21)27-10-16(22)24-9-12-5-6-13-15(8-12)26-11-25-13/h3-8H,2,9-11H2,1H3. The normalized spacial score (nSPS) is 12.3. The predicted octanol–water partition coefficient (Wildman–Crippen LogP) is 3.12. The van der Waals surface area contributed by atoms with Crippen molar-refractivity contribution < 1.29 is 23.4 Å². The number of hydrogen-bond donors (Lipinski definition) is 0. The predicted molar refractivity (Wildman–Crippen MR) is 96.5 cm³/mol. The van der Waals surface area contributed by atoms with Crippen LogP contribution in [0.1, 0.15) is 12.5 Å². The highest BCUT2D eigenvalue weighted by Gasteiger charge is 2.17. The summed E-state index contributed by atoms with van der Waals surface area (Å²) < 4.78 is 23.2. The minimum atomic E-state index is -0.331. The molecule has 0 atom stereocenters. The fourth-order valence-corrected chi connectivity index (χ4v) is 3.43. The number of hydrogen-bond acceptors (Lipinski definition) is 8. The lowest BCUT2D eigenvalue weighted by Gasteiger charge is -2.07. The molecular weight excluding hydrogens is 370 g/mol. The Morgan fingerprint density at radius 3 is 2.96 bits per heavy atom. The molecule has 1 aliphatic heterocycles. The summed E-state index contributed by atoms with van der Waals surface area (Å²) in [6.07, 6.45) is 1.59. The molecule has 0 fully saturated rings. The molecule has 140 valence electrons. The van der Waals surface area contributed by atoms with Crippen LogP contribution in [0.2, 0.25) is 0 Å². The smallest absolute Gasteiger partial charge is 0.316 e. The Balaban J connectivity index is 1.33. The molecular formula is C18H17N3O5S. The van der Waals surface area contributed by atoms with E-state index in [1.807, 2.05) is 29.7 Å². The van der Waals surface area contributed by atoms with E-state index >= 15 is 0 Å². The third kappa shape index (κ3) is 3.77. The lowest BCUT2D eigenvalue weighted by Crippen LogP contribution is -2.08. The van der Waals surface area contributed by atoms with Gasteiger partial charge in [0.25, 0.3) is 0 Å². The monoisotopic (exact) mass is 387 g/mol. The topological polar surface area (TPSA) is 88.6 Å². The number of thioether (sulfide) groups is 1. The van der Waals surface area contributed by atoms with Gasteiger partial charge >= 0.3 is 5.97 Å². The van der Waals surface area contributed by atoms with Crippen LogP contribution in [0.4, 0.5) is 0 Å². The van der Waals surface area contributed by atoms with E-state index in [-0.39, 0.29) is 25.1 Å². The Kier molecular flexibility index (Phi) is 5.01. The molecule has 2 aromatic heterocycles. The SMILES string of the molecule is CCn1c(SCC(=O)OCc2ccc3c(c2)OCO3)nnc1-c1ccco1. The number of esters is 1. The highest BCUT2D eigenvalue weighted by Crippen LogP contribution is 2.32. The molecule has 0 unspecified atom stereocenters. The van der Waals surface area contributed by atoms with Crippen molar-refractivity contribution in [1.82, 2.24) is 14.8 Å². The fourth-order valence-electron chi connectivity index (χ4n) is 2.63. The summed E-state index contributed by atoms with van der Waals surface area (Å²) >= 11 is 1.28.